The molecule has 1 saturated heterocycles. The molecule has 5 nitrogen and oxygen atoms in total. The highest BCUT2D eigenvalue weighted by Gasteiger charge is 2.56. The number of hydrogen-bond acceptors (Lipinski definition) is 3. The van der Waals surface area contributed by atoms with Crippen LogP contribution in [0.1, 0.15) is 13.8 Å². The van der Waals surface area contributed by atoms with Gasteiger partial charge in [-0.3, -0.25) is 9.59 Å². The van der Waals surface area contributed by atoms with Crippen LogP contribution < -0.4 is 5.73 Å². The highest BCUT2D eigenvalue weighted by Crippen LogP contribution is 2.32. The first-order chi connectivity index (χ1) is 7.98. The van der Waals surface area contributed by atoms with Gasteiger partial charge >= 0.3 is 12.1 Å². The summed E-state index contributed by atoms with van der Waals surface area (Å²) in [5.41, 5.74) is 2.03. The molecule has 0 aliphatic carbocycles. The monoisotopic (exact) mass is 268 g/mol. The fraction of sp³-hybridized carbons (Fsp3) is 0.800. The van der Waals surface area contributed by atoms with Gasteiger partial charge in [-0.05, 0) is 12.8 Å². The highest BCUT2D eigenvalue weighted by atomic mass is 19.4. The minimum Gasteiger partial charge on any atom is -0.481 e. The van der Waals surface area contributed by atoms with E-state index < -0.39 is 35.4 Å². The average molecular weight is 268 g/mol. The van der Waals surface area contributed by atoms with E-state index in [-0.39, 0.29) is 13.1 Å². The molecule has 0 aromatic rings. The van der Waals surface area contributed by atoms with Crippen molar-refractivity contribution in [3.63, 3.8) is 0 Å². The molecule has 0 radical (unpaired) electrons. The molecule has 3 N–H and O–H groups in total. The Morgan fingerprint density at radius 2 is 1.83 bits per heavy atom. The van der Waals surface area contributed by atoms with Crippen LogP contribution in [0, 0.1) is 11.8 Å². The van der Waals surface area contributed by atoms with Crippen LogP contribution in [-0.4, -0.2) is 46.7 Å². The number of nitrogens with two attached hydrogens (primary N) is 1. The maximum Gasteiger partial charge on any atom is 0.415 e. The van der Waals surface area contributed by atoms with Crippen molar-refractivity contribution in [1.82, 2.24) is 4.90 Å². The molecule has 104 valence electrons. The first-order valence-corrected chi connectivity index (χ1v) is 5.36. The summed E-state index contributed by atoms with van der Waals surface area (Å²) < 4.78 is 37.8. The molecule has 1 unspecified atom stereocenters. The number of rotatable bonds is 2. The van der Waals surface area contributed by atoms with Crippen LogP contribution >= 0.6 is 0 Å². The van der Waals surface area contributed by atoms with Crippen molar-refractivity contribution in [2.24, 2.45) is 17.6 Å². The van der Waals surface area contributed by atoms with Crippen molar-refractivity contribution in [3.05, 3.63) is 0 Å². The number of carbonyl (C=O) groups excluding carboxylic acids is 1. The van der Waals surface area contributed by atoms with Crippen LogP contribution in [0.4, 0.5) is 13.2 Å². The molecule has 8 heteroatoms. The average Bonchev–Trinajstić information content (AvgIpc) is 2.57. The summed E-state index contributed by atoms with van der Waals surface area (Å²) >= 11 is 0. The SMILES string of the molecule is C[C@@H]1CN(C(=O)C(C)(N)C(F)(F)F)C[C@H]1C(=O)O. The number of aliphatic carboxylic acids is 1. The van der Waals surface area contributed by atoms with E-state index in [1.807, 2.05) is 0 Å². The molecule has 0 bridgehead atoms. The molecule has 1 aliphatic heterocycles. The van der Waals surface area contributed by atoms with Crippen LogP contribution in [0.3, 0.4) is 0 Å². The molecule has 1 fully saturated rings. The number of nitrogens with zero attached hydrogens (tertiary/aromatic N) is 1. The third-order valence-corrected chi connectivity index (χ3v) is 3.25. The lowest BCUT2D eigenvalue weighted by Gasteiger charge is -2.30. The van der Waals surface area contributed by atoms with Crippen LogP contribution in [0.15, 0.2) is 0 Å². The van der Waals surface area contributed by atoms with Gasteiger partial charge in [-0.25, -0.2) is 0 Å². The highest BCUT2D eigenvalue weighted by molar-refractivity contribution is 5.87. The Labute approximate surface area is 102 Å². The number of carboxylic acids is 1. The largest absolute Gasteiger partial charge is 0.481 e. The zero-order chi connectivity index (χ0) is 14.3. The molecule has 0 saturated carbocycles. The lowest BCUT2D eigenvalue weighted by Crippen LogP contribution is -2.61. The maximum atomic E-state index is 12.6. The molecule has 1 aliphatic rings. The van der Waals surface area contributed by atoms with Gasteiger partial charge in [0.05, 0.1) is 5.92 Å². The minimum absolute atomic E-state index is 0.0291. The van der Waals surface area contributed by atoms with Gasteiger partial charge in [-0.1, -0.05) is 6.92 Å². The normalized spacial score (nSPS) is 28.0. The second-order valence-electron chi connectivity index (χ2n) is 4.83. The van der Waals surface area contributed by atoms with Gasteiger partial charge in [-0.15, -0.1) is 0 Å². The first kappa shape index (κ1) is 14.7. The summed E-state index contributed by atoms with van der Waals surface area (Å²) in [5.74, 6) is -3.65. The zero-order valence-electron chi connectivity index (χ0n) is 9.99. The van der Waals surface area contributed by atoms with E-state index >= 15 is 0 Å². The molecule has 18 heavy (non-hydrogen) atoms. The Balaban J connectivity index is 2.86. The van der Waals surface area contributed by atoms with Gasteiger partial charge in [0.2, 0.25) is 0 Å². The molecule has 1 amide bonds. The number of likely N-dealkylation sites (tertiary alicyclic amines) is 1. The second-order valence-corrected chi connectivity index (χ2v) is 4.83. The summed E-state index contributed by atoms with van der Waals surface area (Å²) in [6.07, 6.45) is -4.87. The van der Waals surface area contributed by atoms with E-state index in [4.69, 9.17) is 10.8 Å². The number of carbonyl (C=O) groups is 2. The summed E-state index contributed by atoms with van der Waals surface area (Å²) in [5, 5.41) is 8.85. The van der Waals surface area contributed by atoms with Crippen molar-refractivity contribution < 1.29 is 27.9 Å². The maximum absolute atomic E-state index is 12.6. The summed E-state index contributed by atoms with van der Waals surface area (Å²) in [7, 11) is 0. The van der Waals surface area contributed by atoms with E-state index in [2.05, 4.69) is 0 Å². The molecule has 0 spiro atoms. The van der Waals surface area contributed by atoms with Gasteiger partial charge in [0.25, 0.3) is 5.91 Å². The smallest absolute Gasteiger partial charge is 0.415 e. The third-order valence-electron chi connectivity index (χ3n) is 3.25. The second kappa shape index (κ2) is 4.42. The fourth-order valence-electron chi connectivity index (χ4n) is 1.90. The number of carboxylic acid groups (broad SMARTS) is 1. The number of halogens is 3. The Morgan fingerprint density at radius 3 is 2.17 bits per heavy atom. The quantitative estimate of drug-likeness (QED) is 0.761. The molecule has 0 aromatic carbocycles. The zero-order valence-corrected chi connectivity index (χ0v) is 9.99. The van der Waals surface area contributed by atoms with Gasteiger partial charge in [-0.2, -0.15) is 13.2 Å². The Kier molecular flexibility index (Phi) is 3.62. The molecule has 1 heterocycles. The van der Waals surface area contributed by atoms with E-state index in [1.54, 1.807) is 6.92 Å². The van der Waals surface area contributed by atoms with Crippen molar-refractivity contribution in [1.29, 1.82) is 0 Å². The predicted molar refractivity (Wildman–Crippen MR) is 55.5 cm³/mol. The summed E-state index contributed by atoms with van der Waals surface area (Å²) in [4.78, 5) is 23.4. The number of amides is 1. The minimum atomic E-state index is -4.87. The topological polar surface area (TPSA) is 83.6 Å². The van der Waals surface area contributed by atoms with E-state index in [1.165, 1.54) is 0 Å². The lowest BCUT2D eigenvalue weighted by molar-refractivity contribution is -0.193. The van der Waals surface area contributed by atoms with E-state index in [0.717, 1.165) is 4.90 Å². The molecule has 1 rings (SSSR count). The van der Waals surface area contributed by atoms with Crippen molar-refractivity contribution in [3.8, 4) is 0 Å². The molecule has 0 aromatic heterocycles. The molecular weight excluding hydrogens is 253 g/mol. The Bertz CT molecular complexity index is 368. The standard InChI is InChI=1S/C10H15F3N2O3/c1-5-3-15(4-6(5)7(16)17)8(18)9(2,14)10(11,12)13/h5-6H,3-4,14H2,1-2H3,(H,16,17)/t5-,6-,9?/m1/s1. The molecule has 3 atom stereocenters. The summed E-state index contributed by atoms with van der Waals surface area (Å²) in [6.45, 7) is 1.90. The fourth-order valence-corrected chi connectivity index (χ4v) is 1.90. The number of hydrogen-bond donors (Lipinski definition) is 2. The van der Waals surface area contributed by atoms with Gasteiger partial charge in [0, 0.05) is 13.1 Å². The first-order valence-electron chi connectivity index (χ1n) is 5.36. The predicted octanol–water partition coefficient (Wildman–Crippen LogP) is 0.445. The van der Waals surface area contributed by atoms with Crippen LogP contribution in [0.25, 0.3) is 0 Å². The van der Waals surface area contributed by atoms with Crippen molar-refractivity contribution in [2.45, 2.75) is 25.6 Å². The van der Waals surface area contributed by atoms with E-state index in [0.29, 0.717) is 6.92 Å². The molecular formula is C10H15F3N2O3. The van der Waals surface area contributed by atoms with Crippen molar-refractivity contribution in [2.75, 3.05) is 13.1 Å². The van der Waals surface area contributed by atoms with Gasteiger partial charge < -0.3 is 15.7 Å². The Morgan fingerprint density at radius 1 is 1.33 bits per heavy atom. The van der Waals surface area contributed by atoms with E-state index in [9.17, 15) is 22.8 Å². The summed E-state index contributed by atoms with van der Waals surface area (Å²) in [6, 6.07) is 0. The van der Waals surface area contributed by atoms with Crippen molar-refractivity contribution >= 4 is 11.9 Å². The van der Waals surface area contributed by atoms with Gasteiger partial charge in [0.15, 0.2) is 5.54 Å². The lowest BCUT2D eigenvalue weighted by atomic mass is 9.99. The number of alkyl halides is 3. The van der Waals surface area contributed by atoms with Crippen LogP contribution in [0.2, 0.25) is 0 Å². The van der Waals surface area contributed by atoms with Crippen LogP contribution in [-0.2, 0) is 9.59 Å². The third kappa shape index (κ3) is 2.43. The van der Waals surface area contributed by atoms with Gasteiger partial charge in [0.1, 0.15) is 0 Å². The Hall–Kier alpha value is -1.31. The van der Waals surface area contributed by atoms with Crippen LogP contribution in [0.5, 0.6) is 0 Å².